The molecule has 2 aromatic heterocycles. The molecular formula is C26H27N5O2. The summed E-state index contributed by atoms with van der Waals surface area (Å²) in [6, 6.07) is 13.2. The molecule has 0 atom stereocenters. The molecule has 168 valence electrons. The molecule has 0 radical (unpaired) electrons. The van der Waals surface area contributed by atoms with Gasteiger partial charge in [-0.2, -0.15) is 10.4 Å². The Bertz CT molecular complexity index is 1230. The predicted molar refractivity (Wildman–Crippen MR) is 124 cm³/mol. The van der Waals surface area contributed by atoms with E-state index in [9.17, 15) is 9.59 Å². The van der Waals surface area contributed by atoms with Crippen LogP contribution < -0.4 is 0 Å². The number of likely N-dealkylation sites (tertiary alicyclic amines) is 2. The highest BCUT2D eigenvalue weighted by Gasteiger charge is 2.26. The Balaban J connectivity index is 1.30. The van der Waals surface area contributed by atoms with Crippen LogP contribution in [0.5, 0.6) is 0 Å². The van der Waals surface area contributed by atoms with Crippen LogP contribution in [-0.4, -0.2) is 57.4 Å². The first-order valence-electron chi connectivity index (χ1n) is 11.7. The topological polar surface area (TPSA) is 81.7 Å². The van der Waals surface area contributed by atoms with Gasteiger partial charge in [-0.25, -0.2) is 4.52 Å². The number of benzene rings is 1. The molecule has 2 amide bonds. The van der Waals surface area contributed by atoms with E-state index in [1.54, 1.807) is 35.0 Å². The SMILES string of the molecule is N#Cc1cccc(C(=O)N2CCC(c3ccn4ncc(C(=O)N5CCCCC5)c4c3)CC2)c1. The lowest BCUT2D eigenvalue weighted by Crippen LogP contribution is -2.38. The summed E-state index contributed by atoms with van der Waals surface area (Å²) >= 11 is 0. The molecule has 3 aromatic rings. The molecule has 7 heteroatoms. The smallest absolute Gasteiger partial charge is 0.257 e. The van der Waals surface area contributed by atoms with E-state index in [0.29, 0.717) is 35.7 Å². The molecular weight excluding hydrogens is 414 g/mol. The number of hydrogen-bond donors (Lipinski definition) is 0. The summed E-state index contributed by atoms with van der Waals surface area (Å²) in [5, 5.41) is 13.5. The van der Waals surface area contributed by atoms with Crippen LogP contribution in [0.2, 0.25) is 0 Å². The number of amides is 2. The Hall–Kier alpha value is -3.66. The molecule has 0 N–H and O–H groups in total. The second kappa shape index (κ2) is 9.07. The number of carbonyl (C=O) groups is 2. The molecule has 33 heavy (non-hydrogen) atoms. The Kier molecular flexibility index (Phi) is 5.82. The maximum atomic E-state index is 13.1. The van der Waals surface area contributed by atoms with Crippen molar-refractivity contribution in [2.24, 2.45) is 0 Å². The third-order valence-electron chi connectivity index (χ3n) is 6.91. The van der Waals surface area contributed by atoms with Gasteiger partial charge in [-0.05, 0) is 73.9 Å². The summed E-state index contributed by atoms with van der Waals surface area (Å²) in [7, 11) is 0. The normalized spacial score (nSPS) is 17.2. The van der Waals surface area contributed by atoms with Crippen molar-refractivity contribution in [1.82, 2.24) is 19.4 Å². The third-order valence-corrected chi connectivity index (χ3v) is 6.91. The van der Waals surface area contributed by atoms with Gasteiger partial charge in [0, 0.05) is 37.9 Å². The lowest BCUT2D eigenvalue weighted by molar-refractivity contribution is 0.0709. The number of rotatable bonds is 3. The Morgan fingerprint density at radius 3 is 2.45 bits per heavy atom. The summed E-state index contributed by atoms with van der Waals surface area (Å²) in [6.45, 7) is 2.98. The van der Waals surface area contributed by atoms with E-state index in [1.807, 2.05) is 16.0 Å². The second-order valence-electron chi connectivity index (χ2n) is 8.96. The summed E-state index contributed by atoms with van der Waals surface area (Å²) in [5.41, 5.74) is 3.78. The minimum Gasteiger partial charge on any atom is -0.339 e. The molecule has 0 saturated carbocycles. The first-order valence-corrected chi connectivity index (χ1v) is 11.7. The van der Waals surface area contributed by atoms with Gasteiger partial charge in [0.1, 0.15) is 0 Å². The number of carbonyl (C=O) groups excluding carboxylic acids is 2. The van der Waals surface area contributed by atoms with Crippen molar-refractivity contribution in [3.63, 3.8) is 0 Å². The highest BCUT2D eigenvalue weighted by Crippen LogP contribution is 2.30. The van der Waals surface area contributed by atoms with Crippen LogP contribution in [0.3, 0.4) is 0 Å². The van der Waals surface area contributed by atoms with E-state index in [1.165, 1.54) is 12.0 Å². The fourth-order valence-corrected chi connectivity index (χ4v) is 5.00. The lowest BCUT2D eigenvalue weighted by atomic mass is 9.89. The maximum absolute atomic E-state index is 13.1. The van der Waals surface area contributed by atoms with E-state index < -0.39 is 0 Å². The summed E-state index contributed by atoms with van der Waals surface area (Å²) < 4.78 is 1.78. The first-order chi connectivity index (χ1) is 16.1. The number of aromatic nitrogens is 2. The van der Waals surface area contributed by atoms with Crippen molar-refractivity contribution in [2.75, 3.05) is 26.2 Å². The molecule has 0 unspecified atom stereocenters. The van der Waals surface area contributed by atoms with E-state index in [-0.39, 0.29) is 11.8 Å². The lowest BCUT2D eigenvalue weighted by Gasteiger charge is -2.32. The molecule has 5 rings (SSSR count). The van der Waals surface area contributed by atoms with E-state index >= 15 is 0 Å². The monoisotopic (exact) mass is 441 g/mol. The zero-order chi connectivity index (χ0) is 22.8. The van der Waals surface area contributed by atoms with Crippen LogP contribution in [-0.2, 0) is 0 Å². The van der Waals surface area contributed by atoms with E-state index in [2.05, 4.69) is 23.3 Å². The average molecular weight is 442 g/mol. The summed E-state index contributed by atoms with van der Waals surface area (Å²) in [6.07, 6.45) is 8.66. The van der Waals surface area contributed by atoms with Gasteiger partial charge in [0.2, 0.25) is 0 Å². The van der Waals surface area contributed by atoms with Crippen molar-refractivity contribution in [2.45, 2.75) is 38.0 Å². The van der Waals surface area contributed by atoms with Crippen molar-refractivity contribution in [3.8, 4) is 6.07 Å². The molecule has 2 aliphatic heterocycles. The van der Waals surface area contributed by atoms with Crippen molar-refractivity contribution in [3.05, 3.63) is 71.0 Å². The van der Waals surface area contributed by atoms with Crippen LogP contribution in [0.4, 0.5) is 0 Å². The number of pyridine rings is 1. The quantitative estimate of drug-likeness (QED) is 0.618. The second-order valence-corrected chi connectivity index (χ2v) is 8.96. The number of piperidine rings is 2. The Morgan fingerprint density at radius 1 is 0.939 bits per heavy atom. The van der Waals surface area contributed by atoms with Gasteiger partial charge in [-0.15, -0.1) is 0 Å². The number of hydrogen-bond acceptors (Lipinski definition) is 4. The fraction of sp³-hybridized carbons (Fsp3) is 0.385. The molecule has 2 fully saturated rings. The fourth-order valence-electron chi connectivity index (χ4n) is 5.00. The number of nitrogens with zero attached hydrogens (tertiary/aromatic N) is 5. The highest BCUT2D eigenvalue weighted by atomic mass is 16.2. The molecule has 7 nitrogen and oxygen atoms in total. The Labute approximate surface area is 193 Å². The minimum atomic E-state index is -0.0220. The molecule has 0 bridgehead atoms. The average Bonchev–Trinajstić information content (AvgIpc) is 3.32. The number of nitriles is 1. The zero-order valence-corrected chi connectivity index (χ0v) is 18.6. The zero-order valence-electron chi connectivity index (χ0n) is 18.6. The summed E-state index contributed by atoms with van der Waals surface area (Å²) in [5.74, 6) is 0.380. The van der Waals surface area contributed by atoms with Crippen molar-refractivity contribution < 1.29 is 9.59 Å². The summed E-state index contributed by atoms with van der Waals surface area (Å²) in [4.78, 5) is 29.8. The van der Waals surface area contributed by atoms with Gasteiger partial charge in [-0.1, -0.05) is 6.07 Å². The molecule has 4 heterocycles. The predicted octanol–water partition coefficient (Wildman–Crippen LogP) is 3.85. The van der Waals surface area contributed by atoms with E-state index in [0.717, 1.165) is 44.3 Å². The standard InChI is InChI=1S/C26H27N5O2/c27-17-19-5-4-6-22(15-19)25(32)30-12-7-20(8-13-30)21-9-14-31-24(16-21)23(18-28-31)26(33)29-10-2-1-3-11-29/h4-6,9,14-16,18,20H,1-3,7-8,10-13H2. The highest BCUT2D eigenvalue weighted by molar-refractivity contribution is 6.00. The van der Waals surface area contributed by atoms with Crippen LogP contribution in [0, 0.1) is 11.3 Å². The maximum Gasteiger partial charge on any atom is 0.257 e. The van der Waals surface area contributed by atoms with Gasteiger partial charge in [-0.3, -0.25) is 9.59 Å². The first kappa shape index (κ1) is 21.2. The molecule has 0 aliphatic carbocycles. The minimum absolute atomic E-state index is 0.0220. The molecule has 2 saturated heterocycles. The van der Waals surface area contributed by atoms with Crippen LogP contribution in [0.1, 0.15) is 69.9 Å². The van der Waals surface area contributed by atoms with Crippen LogP contribution in [0.15, 0.2) is 48.8 Å². The van der Waals surface area contributed by atoms with Gasteiger partial charge < -0.3 is 9.80 Å². The number of fused-ring (bicyclic) bond motifs is 1. The van der Waals surface area contributed by atoms with Crippen LogP contribution in [0.25, 0.3) is 5.52 Å². The van der Waals surface area contributed by atoms with Gasteiger partial charge in [0.25, 0.3) is 11.8 Å². The van der Waals surface area contributed by atoms with Crippen molar-refractivity contribution >= 4 is 17.3 Å². The largest absolute Gasteiger partial charge is 0.339 e. The van der Waals surface area contributed by atoms with Gasteiger partial charge in [0.05, 0.1) is 28.9 Å². The molecule has 1 aromatic carbocycles. The Morgan fingerprint density at radius 2 is 1.70 bits per heavy atom. The van der Waals surface area contributed by atoms with Crippen molar-refractivity contribution in [1.29, 1.82) is 5.26 Å². The third kappa shape index (κ3) is 4.21. The van der Waals surface area contributed by atoms with E-state index in [4.69, 9.17) is 5.26 Å². The van der Waals surface area contributed by atoms with Gasteiger partial charge >= 0.3 is 0 Å². The molecule has 0 spiro atoms. The van der Waals surface area contributed by atoms with Crippen LogP contribution >= 0.6 is 0 Å². The van der Waals surface area contributed by atoms with Gasteiger partial charge in [0.15, 0.2) is 0 Å². The molecule has 2 aliphatic rings.